The number of rotatable bonds is 4. The Morgan fingerprint density at radius 3 is 2.65 bits per heavy atom. The van der Waals surface area contributed by atoms with Gasteiger partial charge >= 0.3 is 5.97 Å². The molecule has 0 radical (unpaired) electrons. The molecule has 1 aliphatic rings. The molecule has 0 aliphatic carbocycles. The van der Waals surface area contributed by atoms with E-state index >= 15 is 0 Å². The lowest BCUT2D eigenvalue weighted by Crippen LogP contribution is -2.36. The smallest absolute Gasteiger partial charge is 0.339 e. The molecule has 7 heteroatoms. The van der Waals surface area contributed by atoms with Crippen LogP contribution >= 0.6 is 0 Å². The van der Waals surface area contributed by atoms with Gasteiger partial charge in [-0.15, -0.1) is 0 Å². The van der Waals surface area contributed by atoms with Crippen LogP contribution in [0.4, 0.5) is 10.2 Å². The molecular weight excluding hydrogens is 265 g/mol. The monoisotopic (exact) mass is 281 g/mol. The molecule has 1 aromatic heterocycles. The fraction of sp³-hybridized carbons (Fsp3) is 0.462. The molecule has 2 rings (SSSR count). The van der Waals surface area contributed by atoms with E-state index in [-0.39, 0.29) is 23.2 Å². The topological polar surface area (TPSA) is 96.5 Å². The van der Waals surface area contributed by atoms with Gasteiger partial charge in [0.2, 0.25) is 5.91 Å². The molecule has 0 saturated carbocycles. The Hall–Kier alpha value is -2.18. The van der Waals surface area contributed by atoms with Crippen molar-refractivity contribution < 1.29 is 19.1 Å². The maximum atomic E-state index is 13.1. The van der Waals surface area contributed by atoms with Crippen LogP contribution in [0.1, 0.15) is 29.6 Å². The second kappa shape index (κ2) is 5.85. The van der Waals surface area contributed by atoms with E-state index in [9.17, 15) is 14.0 Å². The predicted octanol–water partition coefficient (Wildman–Crippen LogP) is 1.01. The highest BCUT2D eigenvalue weighted by atomic mass is 19.1. The highest BCUT2D eigenvalue weighted by molar-refractivity contribution is 5.93. The first-order valence-corrected chi connectivity index (χ1v) is 6.39. The van der Waals surface area contributed by atoms with Gasteiger partial charge in [0.15, 0.2) is 0 Å². The van der Waals surface area contributed by atoms with E-state index in [1.165, 1.54) is 0 Å². The Bertz CT molecular complexity index is 528. The number of anilines is 1. The van der Waals surface area contributed by atoms with Gasteiger partial charge in [0, 0.05) is 19.5 Å². The summed E-state index contributed by atoms with van der Waals surface area (Å²) in [6, 6.07) is 0.972. The number of hydrogen-bond acceptors (Lipinski definition) is 4. The molecule has 1 aromatic rings. The van der Waals surface area contributed by atoms with Crippen LogP contribution in [0.3, 0.4) is 0 Å². The summed E-state index contributed by atoms with van der Waals surface area (Å²) in [4.78, 5) is 27.7. The van der Waals surface area contributed by atoms with Crippen molar-refractivity contribution in [3.8, 4) is 0 Å². The summed E-state index contributed by atoms with van der Waals surface area (Å²) in [5.41, 5.74) is 5.02. The lowest BCUT2D eigenvalue weighted by atomic mass is 9.93. The number of piperidine rings is 1. The standard InChI is InChI=1S/C13H16FN3O3/c14-9-6-10(13(19)20)12(16-7-9)17-3-1-8(2-4-17)5-11(15)18/h6-8H,1-5H2,(H2,15,18)(H,19,20). The number of nitrogens with zero attached hydrogens (tertiary/aromatic N) is 2. The fourth-order valence-electron chi connectivity index (χ4n) is 2.47. The number of halogens is 1. The summed E-state index contributed by atoms with van der Waals surface area (Å²) in [5.74, 6) is -1.70. The predicted molar refractivity (Wildman–Crippen MR) is 69.9 cm³/mol. The maximum Gasteiger partial charge on any atom is 0.339 e. The fourth-order valence-corrected chi connectivity index (χ4v) is 2.47. The minimum absolute atomic E-state index is 0.140. The van der Waals surface area contributed by atoms with Crippen LogP contribution in [-0.4, -0.2) is 35.1 Å². The van der Waals surface area contributed by atoms with E-state index < -0.39 is 11.8 Å². The van der Waals surface area contributed by atoms with Crippen LogP contribution in [0.5, 0.6) is 0 Å². The van der Waals surface area contributed by atoms with Gasteiger partial charge in [0.05, 0.1) is 6.20 Å². The summed E-state index contributed by atoms with van der Waals surface area (Å²) in [5, 5.41) is 9.10. The first-order valence-electron chi connectivity index (χ1n) is 6.39. The second-order valence-corrected chi connectivity index (χ2v) is 4.93. The van der Waals surface area contributed by atoms with Gasteiger partial charge in [0.25, 0.3) is 0 Å². The number of amides is 1. The summed E-state index contributed by atoms with van der Waals surface area (Å²) in [6.45, 7) is 1.16. The van der Waals surface area contributed by atoms with Gasteiger partial charge in [-0.1, -0.05) is 0 Å². The quantitative estimate of drug-likeness (QED) is 0.858. The summed E-state index contributed by atoms with van der Waals surface area (Å²) >= 11 is 0. The third-order valence-electron chi connectivity index (χ3n) is 3.47. The van der Waals surface area contributed by atoms with Crippen molar-refractivity contribution in [1.29, 1.82) is 0 Å². The van der Waals surface area contributed by atoms with Crippen molar-refractivity contribution in [2.24, 2.45) is 11.7 Å². The molecule has 0 spiro atoms. The first-order chi connectivity index (χ1) is 9.47. The molecule has 1 amide bonds. The number of carboxylic acids is 1. The Balaban J connectivity index is 2.11. The lowest BCUT2D eigenvalue weighted by molar-refractivity contribution is -0.119. The van der Waals surface area contributed by atoms with Gasteiger partial charge in [-0.25, -0.2) is 14.2 Å². The molecule has 1 saturated heterocycles. The van der Waals surface area contributed by atoms with Crippen molar-refractivity contribution >= 4 is 17.7 Å². The summed E-state index contributed by atoms with van der Waals surface area (Å²) in [6.07, 6.45) is 2.83. The van der Waals surface area contributed by atoms with E-state index in [4.69, 9.17) is 10.8 Å². The highest BCUT2D eigenvalue weighted by Gasteiger charge is 2.25. The van der Waals surface area contributed by atoms with Crippen LogP contribution in [0, 0.1) is 11.7 Å². The normalized spacial score (nSPS) is 16.1. The number of hydrogen-bond donors (Lipinski definition) is 2. The molecule has 20 heavy (non-hydrogen) atoms. The Kier molecular flexibility index (Phi) is 4.16. The van der Waals surface area contributed by atoms with Crippen molar-refractivity contribution in [2.45, 2.75) is 19.3 Å². The number of primary amides is 1. The van der Waals surface area contributed by atoms with Crippen LogP contribution < -0.4 is 10.6 Å². The number of nitrogens with two attached hydrogens (primary N) is 1. The third kappa shape index (κ3) is 3.23. The Morgan fingerprint density at radius 1 is 1.45 bits per heavy atom. The van der Waals surface area contributed by atoms with Gasteiger partial charge in [0.1, 0.15) is 17.2 Å². The third-order valence-corrected chi connectivity index (χ3v) is 3.47. The minimum atomic E-state index is -1.20. The molecule has 0 unspecified atom stereocenters. The van der Waals surface area contributed by atoms with Crippen LogP contribution in [-0.2, 0) is 4.79 Å². The number of carboxylic acid groups (broad SMARTS) is 1. The molecule has 108 valence electrons. The van der Waals surface area contributed by atoms with Crippen LogP contribution in [0.15, 0.2) is 12.3 Å². The zero-order chi connectivity index (χ0) is 14.7. The number of carbonyl (C=O) groups excluding carboxylic acids is 1. The second-order valence-electron chi connectivity index (χ2n) is 4.93. The van der Waals surface area contributed by atoms with E-state index in [1.807, 2.05) is 0 Å². The molecule has 2 heterocycles. The van der Waals surface area contributed by atoms with E-state index in [0.29, 0.717) is 19.5 Å². The highest BCUT2D eigenvalue weighted by Crippen LogP contribution is 2.26. The van der Waals surface area contributed by atoms with Gasteiger partial charge in [-0.05, 0) is 24.8 Å². The largest absolute Gasteiger partial charge is 0.478 e. The number of pyridine rings is 1. The SMILES string of the molecule is NC(=O)CC1CCN(c2ncc(F)cc2C(=O)O)CC1. The zero-order valence-electron chi connectivity index (χ0n) is 10.9. The van der Waals surface area contributed by atoms with Crippen LogP contribution in [0.2, 0.25) is 0 Å². The molecule has 3 N–H and O–H groups in total. The minimum Gasteiger partial charge on any atom is -0.478 e. The molecule has 0 aromatic carbocycles. The van der Waals surface area contributed by atoms with Gasteiger partial charge in [-0.2, -0.15) is 0 Å². The van der Waals surface area contributed by atoms with Crippen molar-refractivity contribution in [3.05, 3.63) is 23.6 Å². The number of aromatic nitrogens is 1. The molecule has 1 fully saturated rings. The zero-order valence-corrected chi connectivity index (χ0v) is 10.9. The average molecular weight is 281 g/mol. The molecule has 6 nitrogen and oxygen atoms in total. The molecule has 1 aliphatic heterocycles. The first kappa shape index (κ1) is 14.2. The van der Waals surface area contributed by atoms with Crippen LogP contribution in [0.25, 0.3) is 0 Å². The Labute approximate surface area is 115 Å². The van der Waals surface area contributed by atoms with Crippen molar-refractivity contribution in [3.63, 3.8) is 0 Å². The number of aromatic carboxylic acids is 1. The van der Waals surface area contributed by atoms with Gasteiger partial charge in [-0.3, -0.25) is 4.79 Å². The summed E-state index contributed by atoms with van der Waals surface area (Å²) in [7, 11) is 0. The maximum absolute atomic E-state index is 13.1. The summed E-state index contributed by atoms with van der Waals surface area (Å²) < 4.78 is 13.1. The van der Waals surface area contributed by atoms with Gasteiger partial charge < -0.3 is 15.7 Å². The molecule has 0 bridgehead atoms. The van der Waals surface area contributed by atoms with E-state index in [2.05, 4.69) is 4.98 Å². The van der Waals surface area contributed by atoms with Crippen molar-refractivity contribution in [1.82, 2.24) is 4.98 Å². The Morgan fingerprint density at radius 2 is 2.10 bits per heavy atom. The molecule has 0 atom stereocenters. The average Bonchev–Trinajstić information content (AvgIpc) is 2.39. The van der Waals surface area contributed by atoms with Crippen molar-refractivity contribution in [2.75, 3.05) is 18.0 Å². The molecular formula is C13H16FN3O3. The lowest BCUT2D eigenvalue weighted by Gasteiger charge is -2.33. The van der Waals surface area contributed by atoms with E-state index in [0.717, 1.165) is 25.1 Å². The van der Waals surface area contributed by atoms with E-state index in [1.54, 1.807) is 4.90 Å². The number of carbonyl (C=O) groups is 2.